The summed E-state index contributed by atoms with van der Waals surface area (Å²) in [7, 11) is 0. The van der Waals surface area contributed by atoms with Gasteiger partial charge in [-0.3, -0.25) is 9.67 Å². The molecule has 82 valence electrons. The van der Waals surface area contributed by atoms with Crippen LogP contribution < -0.4 is 11.1 Å². The summed E-state index contributed by atoms with van der Waals surface area (Å²) in [6, 6.07) is 0.563. The van der Waals surface area contributed by atoms with Gasteiger partial charge in [-0.1, -0.05) is 0 Å². The van der Waals surface area contributed by atoms with Crippen LogP contribution in [0.3, 0.4) is 0 Å². The molecule has 0 atom stereocenters. The van der Waals surface area contributed by atoms with Gasteiger partial charge in [0.25, 0.3) is 0 Å². The van der Waals surface area contributed by atoms with E-state index in [2.05, 4.69) is 31.3 Å². The highest BCUT2D eigenvalue weighted by atomic mass is 79.9. The maximum absolute atomic E-state index is 5.68. The molecule has 1 heterocycles. The highest BCUT2D eigenvalue weighted by Crippen LogP contribution is 2.17. The first-order valence-corrected chi connectivity index (χ1v) is 5.78. The second-order valence-electron chi connectivity index (χ2n) is 3.61. The zero-order valence-corrected chi connectivity index (χ0v) is 9.94. The van der Waals surface area contributed by atoms with Gasteiger partial charge in [-0.2, -0.15) is 5.10 Å². The summed E-state index contributed by atoms with van der Waals surface area (Å²) in [4.78, 5) is 4.22. The molecule has 2 rings (SSSR count). The Morgan fingerprint density at radius 3 is 3.13 bits per heavy atom. The quantitative estimate of drug-likeness (QED) is 0.626. The van der Waals surface area contributed by atoms with E-state index < -0.39 is 0 Å². The molecular formula is C9H14BrN5. The topological polar surface area (TPSA) is 68.2 Å². The van der Waals surface area contributed by atoms with Crippen LogP contribution in [0.15, 0.2) is 21.9 Å². The molecule has 1 aliphatic carbocycles. The van der Waals surface area contributed by atoms with Crippen molar-refractivity contribution in [3.63, 3.8) is 0 Å². The monoisotopic (exact) mass is 271 g/mol. The fraction of sp³-hybridized carbons (Fsp3) is 0.556. The standard InChI is InChI=1S/C9H14BrN5/c10-7-5-13-15(6-7)4-3-12-9(11)14-8-1-2-8/h5-6,8H,1-4H2,(H3,11,12,14). The number of nitrogens with zero attached hydrogens (tertiary/aromatic N) is 3. The zero-order valence-electron chi connectivity index (χ0n) is 8.36. The van der Waals surface area contributed by atoms with Gasteiger partial charge in [-0.15, -0.1) is 0 Å². The molecule has 5 nitrogen and oxygen atoms in total. The van der Waals surface area contributed by atoms with Gasteiger partial charge in [0, 0.05) is 12.2 Å². The molecule has 0 bridgehead atoms. The van der Waals surface area contributed by atoms with Gasteiger partial charge in [0.2, 0.25) is 0 Å². The van der Waals surface area contributed by atoms with E-state index in [4.69, 9.17) is 5.73 Å². The van der Waals surface area contributed by atoms with Crippen molar-refractivity contribution in [1.29, 1.82) is 0 Å². The minimum absolute atomic E-state index is 0.545. The maximum Gasteiger partial charge on any atom is 0.188 e. The minimum Gasteiger partial charge on any atom is -0.370 e. The number of guanidine groups is 1. The van der Waals surface area contributed by atoms with Crippen molar-refractivity contribution < 1.29 is 0 Å². The van der Waals surface area contributed by atoms with E-state index in [0.29, 0.717) is 18.5 Å². The van der Waals surface area contributed by atoms with Crippen LogP contribution in [-0.2, 0) is 6.54 Å². The Balaban J connectivity index is 1.72. The van der Waals surface area contributed by atoms with E-state index >= 15 is 0 Å². The van der Waals surface area contributed by atoms with Gasteiger partial charge in [0.05, 0.1) is 23.8 Å². The van der Waals surface area contributed by atoms with Crippen molar-refractivity contribution in [3.8, 4) is 0 Å². The average molecular weight is 272 g/mol. The first-order valence-electron chi connectivity index (χ1n) is 4.98. The SMILES string of the molecule is NC(=NCCn1cc(Br)cn1)NC1CC1. The van der Waals surface area contributed by atoms with Crippen LogP contribution in [0.25, 0.3) is 0 Å². The van der Waals surface area contributed by atoms with E-state index in [9.17, 15) is 0 Å². The highest BCUT2D eigenvalue weighted by Gasteiger charge is 2.21. The number of rotatable bonds is 4. The molecule has 1 fully saturated rings. The predicted octanol–water partition coefficient (Wildman–Crippen LogP) is 0.712. The average Bonchev–Trinajstić information content (AvgIpc) is 2.89. The molecule has 1 saturated carbocycles. The first kappa shape index (κ1) is 10.5. The number of hydrogen-bond donors (Lipinski definition) is 2. The van der Waals surface area contributed by atoms with Crippen LogP contribution in [0.1, 0.15) is 12.8 Å². The van der Waals surface area contributed by atoms with Crippen molar-refractivity contribution in [3.05, 3.63) is 16.9 Å². The molecule has 1 aromatic rings. The smallest absolute Gasteiger partial charge is 0.188 e. The second-order valence-corrected chi connectivity index (χ2v) is 4.52. The van der Waals surface area contributed by atoms with Crippen molar-refractivity contribution >= 4 is 21.9 Å². The lowest BCUT2D eigenvalue weighted by Gasteiger charge is -2.02. The molecule has 6 heteroatoms. The normalized spacial score (nSPS) is 16.7. The molecular weight excluding hydrogens is 258 g/mol. The summed E-state index contributed by atoms with van der Waals surface area (Å²) in [5, 5.41) is 7.26. The van der Waals surface area contributed by atoms with Crippen molar-refractivity contribution in [2.45, 2.75) is 25.4 Å². The number of aromatic nitrogens is 2. The summed E-state index contributed by atoms with van der Waals surface area (Å²) in [5.41, 5.74) is 5.68. The van der Waals surface area contributed by atoms with Crippen molar-refractivity contribution in [1.82, 2.24) is 15.1 Å². The minimum atomic E-state index is 0.545. The number of hydrogen-bond acceptors (Lipinski definition) is 2. The van der Waals surface area contributed by atoms with Crippen LogP contribution in [0.2, 0.25) is 0 Å². The second kappa shape index (κ2) is 4.65. The van der Waals surface area contributed by atoms with Crippen LogP contribution in [0, 0.1) is 0 Å². The Kier molecular flexibility index (Phi) is 3.25. The van der Waals surface area contributed by atoms with E-state index in [-0.39, 0.29) is 0 Å². The molecule has 0 aliphatic heterocycles. The molecule has 1 aliphatic rings. The molecule has 3 N–H and O–H groups in total. The van der Waals surface area contributed by atoms with E-state index in [1.807, 2.05) is 10.9 Å². The molecule has 15 heavy (non-hydrogen) atoms. The third-order valence-corrected chi connectivity index (χ3v) is 2.55. The largest absolute Gasteiger partial charge is 0.370 e. The Bertz CT molecular complexity index is 355. The Morgan fingerprint density at radius 2 is 2.53 bits per heavy atom. The summed E-state index contributed by atoms with van der Waals surface area (Å²) >= 11 is 3.34. The molecule has 0 unspecified atom stereocenters. The lowest BCUT2D eigenvalue weighted by atomic mass is 10.6. The first-order chi connectivity index (χ1) is 7.24. The van der Waals surface area contributed by atoms with E-state index in [1.54, 1.807) is 6.20 Å². The molecule has 0 amide bonds. The van der Waals surface area contributed by atoms with Gasteiger partial charge in [0.1, 0.15) is 0 Å². The number of nitrogens with two attached hydrogens (primary N) is 1. The molecule has 0 aromatic carbocycles. The fourth-order valence-corrected chi connectivity index (χ4v) is 1.54. The number of aliphatic imine (C=N–C) groups is 1. The maximum atomic E-state index is 5.68. The summed E-state index contributed by atoms with van der Waals surface area (Å²) in [6.45, 7) is 1.40. The van der Waals surface area contributed by atoms with Gasteiger partial charge in [-0.05, 0) is 28.8 Å². The Hall–Kier alpha value is -1.04. The van der Waals surface area contributed by atoms with Crippen molar-refractivity contribution in [2.75, 3.05) is 6.54 Å². The van der Waals surface area contributed by atoms with E-state index in [0.717, 1.165) is 11.0 Å². The van der Waals surface area contributed by atoms with Gasteiger partial charge in [0.15, 0.2) is 5.96 Å². The third-order valence-electron chi connectivity index (χ3n) is 2.14. The lowest BCUT2D eigenvalue weighted by molar-refractivity contribution is 0.623. The summed E-state index contributed by atoms with van der Waals surface area (Å²) in [6.07, 6.45) is 6.10. The third kappa shape index (κ3) is 3.54. The molecule has 0 saturated heterocycles. The molecule has 0 spiro atoms. The summed E-state index contributed by atoms with van der Waals surface area (Å²) < 4.78 is 2.81. The molecule has 1 aromatic heterocycles. The van der Waals surface area contributed by atoms with Crippen molar-refractivity contribution in [2.24, 2.45) is 10.7 Å². The predicted molar refractivity (Wildman–Crippen MR) is 62.6 cm³/mol. The van der Waals surface area contributed by atoms with Crippen LogP contribution >= 0.6 is 15.9 Å². The number of nitrogens with one attached hydrogen (secondary N) is 1. The van der Waals surface area contributed by atoms with Gasteiger partial charge < -0.3 is 11.1 Å². The fourth-order valence-electron chi connectivity index (χ4n) is 1.22. The van der Waals surface area contributed by atoms with E-state index in [1.165, 1.54) is 12.8 Å². The van der Waals surface area contributed by atoms with Gasteiger partial charge >= 0.3 is 0 Å². The highest BCUT2D eigenvalue weighted by molar-refractivity contribution is 9.10. The van der Waals surface area contributed by atoms with Gasteiger partial charge in [-0.25, -0.2) is 0 Å². The Labute approximate surface area is 96.9 Å². The van der Waals surface area contributed by atoms with Crippen LogP contribution in [-0.4, -0.2) is 28.3 Å². The Morgan fingerprint density at radius 1 is 1.73 bits per heavy atom. The number of halogens is 1. The zero-order chi connectivity index (χ0) is 10.7. The van der Waals surface area contributed by atoms with Crippen LogP contribution in [0.5, 0.6) is 0 Å². The molecule has 0 radical (unpaired) electrons. The summed E-state index contributed by atoms with van der Waals surface area (Å²) in [5.74, 6) is 0.545. The lowest BCUT2D eigenvalue weighted by Crippen LogP contribution is -2.33. The van der Waals surface area contributed by atoms with Crippen LogP contribution in [0.4, 0.5) is 0 Å².